The molecule has 0 saturated heterocycles. The number of phenols is 2. The maximum Gasteiger partial charge on any atom is 0.129 e. The minimum atomic E-state index is 0.0931. The second-order valence-corrected chi connectivity index (χ2v) is 5.74. The summed E-state index contributed by atoms with van der Waals surface area (Å²) >= 11 is 0. The maximum atomic E-state index is 10.2. The zero-order valence-electron chi connectivity index (χ0n) is 13.0. The minimum Gasteiger partial charge on any atom is -0.507 e. The molecule has 0 aliphatic carbocycles. The van der Waals surface area contributed by atoms with Gasteiger partial charge < -0.3 is 10.2 Å². The lowest BCUT2D eigenvalue weighted by Gasteiger charge is -2.09. The van der Waals surface area contributed by atoms with E-state index in [1.165, 1.54) is 0 Å². The molecule has 1 aromatic heterocycles. The summed E-state index contributed by atoms with van der Waals surface area (Å²) in [5, 5.41) is 24.8. The third-order valence-corrected chi connectivity index (χ3v) is 3.62. The van der Waals surface area contributed by atoms with Gasteiger partial charge in [0.25, 0.3) is 0 Å². The van der Waals surface area contributed by atoms with Crippen LogP contribution in [0.4, 0.5) is 0 Å². The SMILES string of the molecule is CCCCCc1cc(O)c(-c2ccn(C(C)C)n2)c(O)c1. The summed E-state index contributed by atoms with van der Waals surface area (Å²) in [7, 11) is 0. The number of unbranched alkanes of at least 4 members (excludes halogenated alkanes) is 2. The molecular weight excluding hydrogens is 264 g/mol. The highest BCUT2D eigenvalue weighted by molar-refractivity contribution is 5.74. The van der Waals surface area contributed by atoms with E-state index in [9.17, 15) is 10.2 Å². The van der Waals surface area contributed by atoms with Crippen molar-refractivity contribution in [2.75, 3.05) is 0 Å². The van der Waals surface area contributed by atoms with Crippen LogP contribution in [0.3, 0.4) is 0 Å². The number of hydrogen-bond donors (Lipinski definition) is 2. The minimum absolute atomic E-state index is 0.0931. The third-order valence-electron chi connectivity index (χ3n) is 3.62. The Morgan fingerprint density at radius 3 is 2.33 bits per heavy atom. The average Bonchev–Trinajstić information content (AvgIpc) is 2.88. The monoisotopic (exact) mass is 288 g/mol. The van der Waals surface area contributed by atoms with E-state index in [-0.39, 0.29) is 17.5 Å². The van der Waals surface area contributed by atoms with Gasteiger partial charge >= 0.3 is 0 Å². The molecule has 2 rings (SSSR count). The van der Waals surface area contributed by atoms with Crippen molar-refractivity contribution < 1.29 is 10.2 Å². The lowest BCUT2D eigenvalue weighted by Crippen LogP contribution is -2.00. The van der Waals surface area contributed by atoms with E-state index in [1.807, 2.05) is 30.8 Å². The molecule has 1 aromatic carbocycles. The van der Waals surface area contributed by atoms with Crippen LogP contribution in [0.25, 0.3) is 11.3 Å². The van der Waals surface area contributed by atoms with E-state index < -0.39 is 0 Å². The van der Waals surface area contributed by atoms with E-state index in [1.54, 1.807) is 12.1 Å². The molecule has 1 heterocycles. The summed E-state index contributed by atoms with van der Waals surface area (Å²) < 4.78 is 1.81. The summed E-state index contributed by atoms with van der Waals surface area (Å²) in [6, 6.07) is 5.53. The second kappa shape index (κ2) is 6.66. The Hall–Kier alpha value is -1.97. The lowest BCUT2D eigenvalue weighted by molar-refractivity contribution is 0.451. The van der Waals surface area contributed by atoms with E-state index in [0.717, 1.165) is 31.2 Å². The molecule has 4 heteroatoms. The summed E-state index contributed by atoms with van der Waals surface area (Å²) in [5.41, 5.74) is 1.97. The Morgan fingerprint density at radius 1 is 1.14 bits per heavy atom. The summed E-state index contributed by atoms with van der Waals surface area (Å²) in [6.45, 7) is 6.23. The molecule has 0 saturated carbocycles. The van der Waals surface area contributed by atoms with Gasteiger partial charge in [-0.2, -0.15) is 5.10 Å². The summed E-state index contributed by atoms with van der Waals surface area (Å²) in [6.07, 6.45) is 6.10. The molecule has 2 N–H and O–H groups in total. The van der Waals surface area contributed by atoms with Gasteiger partial charge in [0, 0.05) is 12.2 Å². The van der Waals surface area contributed by atoms with Gasteiger partial charge in [0.05, 0.1) is 11.3 Å². The van der Waals surface area contributed by atoms with Crippen LogP contribution in [-0.4, -0.2) is 20.0 Å². The van der Waals surface area contributed by atoms with Crippen LogP contribution < -0.4 is 0 Å². The number of benzene rings is 1. The molecule has 2 aromatic rings. The van der Waals surface area contributed by atoms with Crippen LogP contribution in [0.1, 0.15) is 51.6 Å². The highest BCUT2D eigenvalue weighted by atomic mass is 16.3. The molecule has 0 spiro atoms. The third kappa shape index (κ3) is 3.57. The molecule has 0 aliphatic heterocycles. The molecule has 0 unspecified atom stereocenters. The normalized spacial score (nSPS) is 11.2. The Kier molecular flexibility index (Phi) is 4.89. The molecule has 114 valence electrons. The number of nitrogens with zero attached hydrogens (tertiary/aromatic N) is 2. The standard InChI is InChI=1S/C17H24N2O2/c1-4-5-6-7-13-10-15(20)17(16(21)11-13)14-8-9-19(18-14)12(2)3/h8-12,20-21H,4-7H2,1-3H3. The fourth-order valence-corrected chi connectivity index (χ4v) is 2.41. The number of aromatic nitrogens is 2. The topological polar surface area (TPSA) is 58.3 Å². The molecule has 0 fully saturated rings. The number of hydrogen-bond acceptors (Lipinski definition) is 3. The average molecular weight is 288 g/mol. The maximum absolute atomic E-state index is 10.2. The van der Waals surface area contributed by atoms with Gasteiger partial charge in [0.1, 0.15) is 11.5 Å². The fraction of sp³-hybridized carbons (Fsp3) is 0.471. The number of aryl methyl sites for hydroxylation is 1. The van der Waals surface area contributed by atoms with Crippen molar-refractivity contribution in [1.29, 1.82) is 0 Å². The molecule has 0 aliphatic rings. The largest absolute Gasteiger partial charge is 0.507 e. The summed E-state index contributed by atoms with van der Waals surface area (Å²) in [4.78, 5) is 0. The zero-order chi connectivity index (χ0) is 15.4. The van der Waals surface area contributed by atoms with Crippen molar-refractivity contribution in [1.82, 2.24) is 9.78 Å². The number of rotatable bonds is 6. The Labute approximate surface area is 126 Å². The van der Waals surface area contributed by atoms with Gasteiger partial charge in [0.2, 0.25) is 0 Å². The first-order valence-corrected chi connectivity index (χ1v) is 7.63. The molecule has 0 radical (unpaired) electrons. The first kappa shape index (κ1) is 15.4. The predicted octanol–water partition coefficient (Wildman–Crippen LogP) is 4.27. The fourth-order valence-electron chi connectivity index (χ4n) is 2.41. The highest BCUT2D eigenvalue weighted by Gasteiger charge is 2.15. The second-order valence-electron chi connectivity index (χ2n) is 5.74. The van der Waals surface area contributed by atoms with Crippen LogP contribution in [0.2, 0.25) is 0 Å². The van der Waals surface area contributed by atoms with Crippen LogP contribution in [0.5, 0.6) is 11.5 Å². The first-order chi connectivity index (χ1) is 10.0. The smallest absolute Gasteiger partial charge is 0.129 e. The Morgan fingerprint density at radius 2 is 1.81 bits per heavy atom. The van der Waals surface area contributed by atoms with Crippen molar-refractivity contribution in [2.45, 2.75) is 52.5 Å². The van der Waals surface area contributed by atoms with Crippen molar-refractivity contribution >= 4 is 0 Å². The Bertz CT molecular complexity index is 580. The first-order valence-electron chi connectivity index (χ1n) is 7.63. The molecule has 0 bridgehead atoms. The molecule has 21 heavy (non-hydrogen) atoms. The van der Waals surface area contributed by atoms with Gasteiger partial charge in [-0.15, -0.1) is 0 Å². The van der Waals surface area contributed by atoms with Crippen LogP contribution >= 0.6 is 0 Å². The van der Waals surface area contributed by atoms with Crippen molar-refractivity contribution in [3.8, 4) is 22.8 Å². The van der Waals surface area contributed by atoms with Crippen LogP contribution in [0.15, 0.2) is 24.4 Å². The lowest BCUT2D eigenvalue weighted by atomic mass is 10.0. The van der Waals surface area contributed by atoms with E-state index in [0.29, 0.717) is 11.3 Å². The molecule has 0 amide bonds. The number of phenolic OH excluding ortho intramolecular Hbond substituents is 2. The van der Waals surface area contributed by atoms with Gasteiger partial charge in [-0.3, -0.25) is 4.68 Å². The van der Waals surface area contributed by atoms with Crippen LogP contribution in [0, 0.1) is 0 Å². The highest BCUT2D eigenvalue weighted by Crippen LogP contribution is 2.37. The molecule has 0 atom stereocenters. The van der Waals surface area contributed by atoms with Crippen molar-refractivity contribution in [3.05, 3.63) is 30.0 Å². The van der Waals surface area contributed by atoms with E-state index in [2.05, 4.69) is 12.0 Å². The van der Waals surface area contributed by atoms with Gasteiger partial charge in [-0.05, 0) is 50.5 Å². The van der Waals surface area contributed by atoms with Crippen molar-refractivity contribution in [2.24, 2.45) is 0 Å². The molecular formula is C17H24N2O2. The quantitative estimate of drug-likeness (QED) is 0.780. The zero-order valence-corrected chi connectivity index (χ0v) is 13.0. The van der Waals surface area contributed by atoms with E-state index in [4.69, 9.17) is 0 Å². The van der Waals surface area contributed by atoms with Gasteiger partial charge in [-0.1, -0.05) is 19.8 Å². The Balaban J connectivity index is 2.27. The van der Waals surface area contributed by atoms with Crippen LogP contribution in [-0.2, 0) is 6.42 Å². The van der Waals surface area contributed by atoms with Gasteiger partial charge in [0.15, 0.2) is 0 Å². The number of aromatic hydroxyl groups is 2. The van der Waals surface area contributed by atoms with Gasteiger partial charge in [-0.25, -0.2) is 0 Å². The van der Waals surface area contributed by atoms with E-state index >= 15 is 0 Å². The predicted molar refractivity (Wildman–Crippen MR) is 84.6 cm³/mol. The summed E-state index contributed by atoms with van der Waals surface area (Å²) in [5.74, 6) is 0.186. The van der Waals surface area contributed by atoms with Crippen molar-refractivity contribution in [3.63, 3.8) is 0 Å². The molecule has 4 nitrogen and oxygen atoms in total.